The quantitative estimate of drug-likeness (QED) is 0.658. The summed E-state index contributed by atoms with van der Waals surface area (Å²) >= 11 is 1.36. The number of nitrogens with zero attached hydrogens (tertiary/aromatic N) is 1. The summed E-state index contributed by atoms with van der Waals surface area (Å²) in [5, 5.41) is 10.9. The zero-order valence-corrected chi connectivity index (χ0v) is 10.2. The average molecular weight is 266 g/mol. The van der Waals surface area contributed by atoms with Gasteiger partial charge in [-0.25, -0.2) is 14.9 Å². The molecule has 1 aromatic heterocycles. The summed E-state index contributed by atoms with van der Waals surface area (Å²) in [6.07, 6.45) is 1.41. The third-order valence-corrected chi connectivity index (χ3v) is 3.34. The average Bonchev–Trinajstić information content (AvgIpc) is 2.86. The van der Waals surface area contributed by atoms with Gasteiger partial charge in [0.25, 0.3) is 5.91 Å². The van der Waals surface area contributed by atoms with E-state index in [1.807, 2.05) is 0 Å². The van der Waals surface area contributed by atoms with Crippen molar-refractivity contribution in [2.24, 2.45) is 0 Å². The molecule has 1 aromatic carbocycles. The van der Waals surface area contributed by atoms with Gasteiger partial charge in [-0.2, -0.15) is 0 Å². The Morgan fingerprint density at radius 2 is 2.06 bits per heavy atom. The minimum absolute atomic E-state index is 0.205. The molecule has 2 N–H and O–H groups in total. The van der Waals surface area contributed by atoms with Crippen molar-refractivity contribution in [1.82, 2.24) is 10.5 Å². The highest BCUT2D eigenvalue weighted by Gasteiger charge is 2.09. The molecule has 0 bridgehead atoms. The largest absolute Gasteiger partial charge is 0.294 e. The maximum atomic E-state index is 12.7. The number of hydrogen-bond acceptors (Lipinski definition) is 4. The van der Waals surface area contributed by atoms with Crippen LogP contribution >= 0.6 is 11.3 Å². The molecule has 0 saturated carbocycles. The van der Waals surface area contributed by atoms with Gasteiger partial charge in [-0.1, -0.05) is 12.1 Å². The fraction of sp³-hybridized carbons (Fsp3) is 0.167. The van der Waals surface area contributed by atoms with Crippen molar-refractivity contribution < 1.29 is 14.4 Å². The zero-order valence-electron chi connectivity index (χ0n) is 9.39. The third kappa shape index (κ3) is 3.12. The summed E-state index contributed by atoms with van der Waals surface area (Å²) in [5.41, 5.74) is 2.76. The molecule has 0 saturated heterocycles. The molecule has 1 heterocycles. The van der Waals surface area contributed by atoms with Crippen LogP contribution in [0.15, 0.2) is 29.6 Å². The number of aromatic nitrogens is 1. The topological polar surface area (TPSA) is 62.2 Å². The fourth-order valence-electron chi connectivity index (χ4n) is 1.49. The molecule has 18 heavy (non-hydrogen) atoms. The molecule has 2 rings (SSSR count). The van der Waals surface area contributed by atoms with Crippen LogP contribution in [-0.2, 0) is 12.8 Å². The van der Waals surface area contributed by atoms with Crippen LogP contribution in [0.1, 0.15) is 21.1 Å². The zero-order chi connectivity index (χ0) is 13.0. The number of carbonyl (C=O) groups excluding carboxylic acids is 1. The van der Waals surface area contributed by atoms with Gasteiger partial charge in [0.05, 0.1) is 5.01 Å². The van der Waals surface area contributed by atoms with E-state index in [-0.39, 0.29) is 11.5 Å². The molecule has 0 aliphatic carbocycles. The predicted octanol–water partition coefficient (Wildman–Crippen LogP) is 2.19. The Labute approximate surface area is 107 Å². The lowest BCUT2D eigenvalue weighted by atomic mass is 10.1. The second-order valence-corrected chi connectivity index (χ2v) is 4.64. The van der Waals surface area contributed by atoms with Crippen molar-refractivity contribution in [2.45, 2.75) is 12.8 Å². The van der Waals surface area contributed by atoms with Gasteiger partial charge in [0.2, 0.25) is 0 Å². The highest BCUT2D eigenvalue weighted by atomic mass is 32.1. The van der Waals surface area contributed by atoms with E-state index in [1.54, 1.807) is 17.5 Å². The van der Waals surface area contributed by atoms with Crippen LogP contribution in [-0.4, -0.2) is 16.1 Å². The van der Waals surface area contributed by atoms with Crippen molar-refractivity contribution >= 4 is 17.2 Å². The predicted molar refractivity (Wildman–Crippen MR) is 65.2 cm³/mol. The van der Waals surface area contributed by atoms with Crippen molar-refractivity contribution in [1.29, 1.82) is 0 Å². The van der Waals surface area contributed by atoms with Gasteiger partial charge in [-0.15, -0.1) is 11.3 Å². The number of halogens is 1. The first-order valence-electron chi connectivity index (χ1n) is 5.32. The molecule has 0 aliphatic heterocycles. The minimum Gasteiger partial charge on any atom is -0.288 e. The first-order chi connectivity index (χ1) is 8.69. The Morgan fingerprint density at radius 1 is 1.33 bits per heavy atom. The summed E-state index contributed by atoms with van der Waals surface area (Å²) in [4.78, 5) is 15.2. The third-order valence-electron chi connectivity index (χ3n) is 2.43. The normalized spacial score (nSPS) is 10.3. The summed E-state index contributed by atoms with van der Waals surface area (Å²) < 4.78 is 12.7. The summed E-state index contributed by atoms with van der Waals surface area (Å²) in [6, 6.07) is 6.29. The number of hydrogen-bond donors (Lipinski definition) is 2. The number of nitrogens with one attached hydrogen (secondary N) is 1. The summed E-state index contributed by atoms with van der Waals surface area (Å²) in [6.45, 7) is 0. The van der Waals surface area contributed by atoms with E-state index >= 15 is 0 Å². The minimum atomic E-state index is -0.612. The Bertz CT molecular complexity index is 539. The van der Waals surface area contributed by atoms with Gasteiger partial charge >= 0.3 is 0 Å². The Balaban J connectivity index is 1.96. The number of benzene rings is 1. The molecule has 0 radical (unpaired) electrons. The van der Waals surface area contributed by atoms with Crippen LogP contribution in [0.5, 0.6) is 0 Å². The van der Waals surface area contributed by atoms with Crippen molar-refractivity contribution in [3.05, 3.63) is 51.7 Å². The van der Waals surface area contributed by atoms with Crippen molar-refractivity contribution in [2.75, 3.05) is 0 Å². The molecule has 0 spiro atoms. The highest BCUT2D eigenvalue weighted by molar-refractivity contribution is 7.09. The number of rotatable bonds is 4. The fourth-order valence-corrected chi connectivity index (χ4v) is 2.27. The molecule has 2 aromatic rings. The van der Waals surface area contributed by atoms with Gasteiger partial charge in [0, 0.05) is 11.8 Å². The smallest absolute Gasteiger partial charge is 0.288 e. The lowest BCUT2D eigenvalue weighted by Crippen LogP contribution is -2.18. The summed E-state index contributed by atoms with van der Waals surface area (Å²) in [5.74, 6) is -0.866. The van der Waals surface area contributed by atoms with Crippen LogP contribution in [0.2, 0.25) is 0 Å². The van der Waals surface area contributed by atoms with E-state index < -0.39 is 5.91 Å². The lowest BCUT2D eigenvalue weighted by molar-refractivity contribution is 0.0701. The molecular formula is C12H11FN2O2S. The Hall–Kier alpha value is -1.79. The lowest BCUT2D eigenvalue weighted by Gasteiger charge is -1.98. The Kier molecular flexibility index (Phi) is 4.01. The molecule has 0 atom stereocenters. The molecule has 4 nitrogen and oxygen atoms in total. The van der Waals surface area contributed by atoms with Gasteiger partial charge in [-0.3, -0.25) is 10.0 Å². The first-order valence-corrected chi connectivity index (χ1v) is 6.20. The van der Waals surface area contributed by atoms with Crippen LogP contribution in [0.3, 0.4) is 0 Å². The number of aryl methyl sites for hydroxylation is 2. The van der Waals surface area contributed by atoms with E-state index in [4.69, 9.17) is 5.21 Å². The number of thiazole rings is 1. The molecule has 0 aliphatic rings. The standard InChI is InChI=1S/C12H11FN2O2S/c13-9-4-1-8(2-5-9)3-6-11-14-10(7-18-11)12(16)15-17/h1-2,4-5,7,17H,3,6H2,(H,15,16). The van der Waals surface area contributed by atoms with E-state index in [2.05, 4.69) is 4.98 Å². The first kappa shape index (κ1) is 12.7. The highest BCUT2D eigenvalue weighted by Crippen LogP contribution is 2.13. The van der Waals surface area contributed by atoms with Crippen LogP contribution in [0.4, 0.5) is 4.39 Å². The van der Waals surface area contributed by atoms with E-state index in [1.165, 1.54) is 28.9 Å². The molecule has 0 unspecified atom stereocenters. The van der Waals surface area contributed by atoms with Gasteiger partial charge in [0.15, 0.2) is 0 Å². The van der Waals surface area contributed by atoms with Crippen LogP contribution < -0.4 is 5.48 Å². The number of hydroxylamine groups is 1. The second-order valence-electron chi connectivity index (χ2n) is 3.69. The summed E-state index contributed by atoms with van der Waals surface area (Å²) in [7, 11) is 0. The number of carbonyl (C=O) groups is 1. The van der Waals surface area contributed by atoms with E-state index in [9.17, 15) is 9.18 Å². The van der Waals surface area contributed by atoms with Crippen LogP contribution in [0, 0.1) is 5.82 Å². The maximum absolute atomic E-state index is 12.7. The van der Waals surface area contributed by atoms with Crippen LogP contribution in [0.25, 0.3) is 0 Å². The monoisotopic (exact) mass is 266 g/mol. The molecule has 0 fully saturated rings. The van der Waals surface area contributed by atoms with E-state index in [0.29, 0.717) is 6.42 Å². The van der Waals surface area contributed by atoms with Crippen molar-refractivity contribution in [3.63, 3.8) is 0 Å². The molecular weight excluding hydrogens is 255 g/mol. The van der Waals surface area contributed by atoms with Gasteiger partial charge in [-0.05, 0) is 24.1 Å². The Morgan fingerprint density at radius 3 is 2.72 bits per heavy atom. The van der Waals surface area contributed by atoms with Crippen molar-refractivity contribution in [3.8, 4) is 0 Å². The molecule has 94 valence electrons. The maximum Gasteiger partial charge on any atom is 0.294 e. The molecule has 1 amide bonds. The SMILES string of the molecule is O=C(NO)c1csc(CCc2ccc(F)cc2)n1. The van der Waals surface area contributed by atoms with E-state index in [0.717, 1.165) is 17.0 Å². The van der Waals surface area contributed by atoms with Gasteiger partial charge in [0.1, 0.15) is 11.5 Å². The molecule has 6 heteroatoms. The van der Waals surface area contributed by atoms with Gasteiger partial charge < -0.3 is 0 Å². The second kappa shape index (κ2) is 5.70. The number of amides is 1.